The van der Waals surface area contributed by atoms with Gasteiger partial charge in [-0.25, -0.2) is 8.42 Å². The lowest BCUT2D eigenvalue weighted by Gasteiger charge is -2.25. The van der Waals surface area contributed by atoms with Crippen LogP contribution in [0.15, 0.2) is 77.7 Å². The second kappa shape index (κ2) is 10.7. The first-order valence-corrected chi connectivity index (χ1v) is 12.4. The molecule has 6 nitrogen and oxygen atoms in total. The summed E-state index contributed by atoms with van der Waals surface area (Å²) in [7, 11) is -4.02. The number of rotatable bonds is 9. The normalized spacial score (nSPS) is 12.1. The summed E-state index contributed by atoms with van der Waals surface area (Å²) < 4.78 is 33.4. The first-order chi connectivity index (χ1) is 15.7. The van der Waals surface area contributed by atoms with Gasteiger partial charge < -0.3 is 10.1 Å². The summed E-state index contributed by atoms with van der Waals surface area (Å²) in [6.45, 7) is 5.83. The van der Waals surface area contributed by atoms with E-state index in [2.05, 4.69) is 5.32 Å². The number of nitrogens with zero attached hydrogens (tertiary/aromatic N) is 1. The molecule has 3 rings (SSSR count). The van der Waals surface area contributed by atoms with E-state index >= 15 is 0 Å². The number of halogens is 1. The van der Waals surface area contributed by atoms with Crippen LogP contribution in [0, 0.1) is 6.92 Å². The number of benzene rings is 3. The van der Waals surface area contributed by atoms with Gasteiger partial charge in [0, 0.05) is 5.02 Å². The number of anilines is 1. The molecule has 0 radical (unpaired) electrons. The van der Waals surface area contributed by atoms with Crippen LogP contribution in [0.1, 0.15) is 31.0 Å². The summed E-state index contributed by atoms with van der Waals surface area (Å²) in [6.07, 6.45) is 0. The Bertz CT molecular complexity index is 1180. The number of aryl methyl sites for hydroxylation is 1. The van der Waals surface area contributed by atoms with Crippen molar-refractivity contribution in [2.45, 2.75) is 31.7 Å². The molecule has 0 aliphatic rings. The Labute approximate surface area is 200 Å². The van der Waals surface area contributed by atoms with E-state index in [9.17, 15) is 13.2 Å². The van der Waals surface area contributed by atoms with E-state index in [-0.39, 0.29) is 17.5 Å². The van der Waals surface area contributed by atoms with Crippen molar-refractivity contribution in [2.24, 2.45) is 0 Å². The molecule has 0 aliphatic heterocycles. The van der Waals surface area contributed by atoms with E-state index in [0.29, 0.717) is 23.1 Å². The Morgan fingerprint density at radius 1 is 1.00 bits per heavy atom. The van der Waals surface area contributed by atoms with E-state index in [1.54, 1.807) is 24.3 Å². The number of hydrogen-bond donors (Lipinski definition) is 1. The molecule has 174 valence electrons. The van der Waals surface area contributed by atoms with Gasteiger partial charge in [-0.2, -0.15) is 0 Å². The van der Waals surface area contributed by atoms with Crippen molar-refractivity contribution in [1.29, 1.82) is 0 Å². The van der Waals surface area contributed by atoms with Gasteiger partial charge in [-0.1, -0.05) is 41.4 Å². The van der Waals surface area contributed by atoms with Crippen LogP contribution in [0.25, 0.3) is 0 Å². The number of amides is 1. The van der Waals surface area contributed by atoms with Crippen LogP contribution in [0.4, 0.5) is 5.69 Å². The van der Waals surface area contributed by atoms with Gasteiger partial charge in [0.1, 0.15) is 12.3 Å². The first-order valence-electron chi connectivity index (χ1n) is 10.6. The van der Waals surface area contributed by atoms with E-state index in [0.717, 1.165) is 15.4 Å². The summed E-state index contributed by atoms with van der Waals surface area (Å²) in [5.74, 6) is 0.192. The Balaban J connectivity index is 1.88. The van der Waals surface area contributed by atoms with E-state index < -0.39 is 15.9 Å². The molecule has 0 unspecified atom stereocenters. The molecule has 1 N–H and O–H groups in total. The van der Waals surface area contributed by atoms with Gasteiger partial charge in [0.05, 0.1) is 23.2 Å². The molecule has 0 fully saturated rings. The standard InChI is InChI=1S/C25H27ClN2O4S/c1-4-32-23-13-11-22(12-14-23)28(33(30,31)24-15-9-21(26)10-16-24)17-25(29)27-19(3)20-7-5-18(2)6-8-20/h5-16,19H,4,17H2,1-3H3,(H,27,29)/t19-/m1/s1. The van der Waals surface area contributed by atoms with Gasteiger partial charge in [0.15, 0.2) is 0 Å². The fourth-order valence-electron chi connectivity index (χ4n) is 3.28. The molecular formula is C25H27ClN2O4S. The number of carbonyl (C=O) groups is 1. The number of ether oxygens (including phenoxy) is 1. The molecule has 0 heterocycles. The van der Waals surface area contributed by atoms with Crippen molar-refractivity contribution in [1.82, 2.24) is 5.32 Å². The van der Waals surface area contributed by atoms with Crippen LogP contribution in [0.2, 0.25) is 5.02 Å². The maximum Gasteiger partial charge on any atom is 0.264 e. The third-order valence-electron chi connectivity index (χ3n) is 5.08. The topological polar surface area (TPSA) is 75.7 Å². The van der Waals surface area contributed by atoms with Crippen molar-refractivity contribution in [3.8, 4) is 5.75 Å². The summed E-state index contributed by atoms with van der Waals surface area (Å²) in [5.41, 5.74) is 2.40. The van der Waals surface area contributed by atoms with Crippen LogP contribution in [0.3, 0.4) is 0 Å². The van der Waals surface area contributed by atoms with Crippen LogP contribution in [-0.2, 0) is 14.8 Å². The zero-order valence-electron chi connectivity index (χ0n) is 18.8. The molecule has 0 aromatic heterocycles. The highest BCUT2D eigenvalue weighted by molar-refractivity contribution is 7.92. The lowest BCUT2D eigenvalue weighted by Crippen LogP contribution is -2.41. The van der Waals surface area contributed by atoms with E-state index in [4.69, 9.17) is 16.3 Å². The zero-order valence-corrected chi connectivity index (χ0v) is 20.4. The molecule has 1 amide bonds. The predicted molar refractivity (Wildman–Crippen MR) is 131 cm³/mol. The second-order valence-electron chi connectivity index (χ2n) is 7.59. The molecule has 33 heavy (non-hydrogen) atoms. The van der Waals surface area contributed by atoms with Gasteiger partial charge in [0.2, 0.25) is 5.91 Å². The average Bonchev–Trinajstić information content (AvgIpc) is 2.79. The predicted octanol–water partition coefficient (Wildman–Crippen LogP) is 5.12. The fraction of sp³-hybridized carbons (Fsp3) is 0.240. The number of hydrogen-bond acceptors (Lipinski definition) is 4. The van der Waals surface area contributed by atoms with Crippen LogP contribution >= 0.6 is 11.6 Å². The molecule has 1 atom stereocenters. The average molecular weight is 487 g/mol. The van der Waals surface area contributed by atoms with Gasteiger partial charge in [-0.05, 0) is 74.9 Å². The molecule has 8 heteroatoms. The molecule has 0 bridgehead atoms. The highest BCUT2D eigenvalue weighted by Crippen LogP contribution is 2.27. The molecule has 0 saturated carbocycles. The van der Waals surface area contributed by atoms with E-state index in [1.807, 2.05) is 45.0 Å². The highest BCUT2D eigenvalue weighted by Gasteiger charge is 2.28. The Hall–Kier alpha value is -3.03. The van der Waals surface area contributed by atoms with Crippen molar-refractivity contribution in [3.63, 3.8) is 0 Å². The van der Waals surface area contributed by atoms with Gasteiger partial charge >= 0.3 is 0 Å². The zero-order chi connectivity index (χ0) is 24.0. The quantitative estimate of drug-likeness (QED) is 0.455. The molecule has 0 saturated heterocycles. The van der Waals surface area contributed by atoms with Gasteiger partial charge in [-0.15, -0.1) is 0 Å². The molecule has 3 aromatic rings. The summed E-state index contributed by atoms with van der Waals surface area (Å²) in [4.78, 5) is 13.0. The number of nitrogens with one attached hydrogen (secondary N) is 1. The lowest BCUT2D eigenvalue weighted by molar-refractivity contribution is -0.120. The van der Waals surface area contributed by atoms with Gasteiger partial charge in [-0.3, -0.25) is 9.10 Å². The molecule has 0 aliphatic carbocycles. The third-order valence-corrected chi connectivity index (χ3v) is 7.12. The molecule has 3 aromatic carbocycles. The Morgan fingerprint density at radius 2 is 1.61 bits per heavy atom. The van der Waals surface area contributed by atoms with Crippen molar-refractivity contribution < 1.29 is 17.9 Å². The number of carbonyl (C=O) groups excluding carboxylic acids is 1. The SMILES string of the molecule is CCOc1ccc(N(CC(=O)N[C@H](C)c2ccc(C)cc2)S(=O)(=O)c2ccc(Cl)cc2)cc1. The van der Waals surface area contributed by atoms with E-state index in [1.165, 1.54) is 24.3 Å². The third kappa shape index (κ3) is 6.27. The largest absolute Gasteiger partial charge is 0.494 e. The minimum atomic E-state index is -4.02. The van der Waals surface area contributed by atoms with Crippen molar-refractivity contribution in [3.05, 3.63) is 88.9 Å². The molecular weight excluding hydrogens is 460 g/mol. The van der Waals surface area contributed by atoms with Crippen molar-refractivity contribution >= 4 is 33.2 Å². The summed E-state index contributed by atoms with van der Waals surface area (Å²) in [6, 6.07) is 20.0. The Morgan fingerprint density at radius 3 is 2.18 bits per heavy atom. The maximum atomic E-state index is 13.5. The van der Waals surface area contributed by atoms with Crippen LogP contribution in [-0.4, -0.2) is 27.5 Å². The smallest absolute Gasteiger partial charge is 0.264 e. The first kappa shape index (κ1) is 24.6. The summed E-state index contributed by atoms with van der Waals surface area (Å²) >= 11 is 5.93. The van der Waals surface area contributed by atoms with Gasteiger partial charge in [0.25, 0.3) is 10.0 Å². The van der Waals surface area contributed by atoms with Crippen molar-refractivity contribution in [2.75, 3.05) is 17.5 Å². The second-order valence-corrected chi connectivity index (χ2v) is 9.89. The molecule has 0 spiro atoms. The summed E-state index contributed by atoms with van der Waals surface area (Å²) in [5, 5.41) is 3.31. The minimum absolute atomic E-state index is 0.0418. The Kier molecular flexibility index (Phi) is 8.00. The number of sulfonamides is 1. The lowest BCUT2D eigenvalue weighted by atomic mass is 10.1. The minimum Gasteiger partial charge on any atom is -0.494 e. The van der Waals surface area contributed by atoms with Crippen LogP contribution < -0.4 is 14.4 Å². The maximum absolute atomic E-state index is 13.5. The fourth-order valence-corrected chi connectivity index (χ4v) is 4.83. The highest BCUT2D eigenvalue weighted by atomic mass is 35.5. The monoisotopic (exact) mass is 486 g/mol. The van der Waals surface area contributed by atoms with Crippen LogP contribution in [0.5, 0.6) is 5.75 Å².